The van der Waals surface area contributed by atoms with E-state index in [1.54, 1.807) is 28.4 Å². The third-order valence-electron chi connectivity index (χ3n) is 4.46. The molecule has 4 aromatic rings. The maximum Gasteiger partial charge on any atom is 0.259 e. The summed E-state index contributed by atoms with van der Waals surface area (Å²) in [6.45, 7) is 0. The lowest BCUT2D eigenvalue weighted by atomic mass is 10.2. The first kappa shape index (κ1) is 18.9. The number of para-hydroxylation sites is 2. The van der Waals surface area contributed by atoms with Crippen LogP contribution in [0, 0.1) is 0 Å². The first-order valence-corrected chi connectivity index (χ1v) is 10.1. The molecular formula is C22H19N5OS. The summed E-state index contributed by atoms with van der Waals surface area (Å²) in [5, 5.41) is 12.1. The molecule has 0 N–H and O–H groups in total. The summed E-state index contributed by atoms with van der Waals surface area (Å²) < 4.78 is 1.72. The Kier molecular flexibility index (Phi) is 5.67. The molecule has 6 nitrogen and oxygen atoms in total. The minimum atomic E-state index is -0.0537. The maximum atomic E-state index is 13.1. The summed E-state index contributed by atoms with van der Waals surface area (Å²) in [6, 6.07) is 27.0. The molecule has 144 valence electrons. The number of amides is 1. The van der Waals surface area contributed by atoms with Gasteiger partial charge in [0.1, 0.15) is 0 Å². The molecule has 1 amide bonds. The number of anilines is 1. The summed E-state index contributed by atoms with van der Waals surface area (Å²) in [5.74, 6) is 1.21. The van der Waals surface area contributed by atoms with E-state index in [0.717, 1.165) is 22.1 Å². The number of thioether (sulfide) groups is 1. The standard InChI is InChI=1S/C22H19N5OS/c1-26(17-10-4-2-5-11-17)22(28)19-14-8-9-15-20(19)29-16-21-23-24-25-27(21)18-12-6-3-7-13-18/h2-15H,16H2,1H3. The minimum absolute atomic E-state index is 0.0537. The van der Waals surface area contributed by atoms with E-state index in [2.05, 4.69) is 15.5 Å². The molecule has 7 heteroatoms. The van der Waals surface area contributed by atoms with Crippen LogP contribution in [0.1, 0.15) is 16.2 Å². The van der Waals surface area contributed by atoms with Crippen molar-refractivity contribution in [2.45, 2.75) is 10.6 Å². The van der Waals surface area contributed by atoms with E-state index in [0.29, 0.717) is 11.3 Å². The molecule has 0 bridgehead atoms. The van der Waals surface area contributed by atoms with Crippen molar-refractivity contribution >= 4 is 23.4 Å². The zero-order chi connectivity index (χ0) is 20.1. The zero-order valence-electron chi connectivity index (χ0n) is 15.8. The fourth-order valence-corrected chi connectivity index (χ4v) is 3.88. The Hall–Kier alpha value is -3.45. The largest absolute Gasteiger partial charge is 0.311 e. The second-order valence-electron chi connectivity index (χ2n) is 6.33. The second-order valence-corrected chi connectivity index (χ2v) is 7.34. The molecule has 0 aliphatic heterocycles. The van der Waals surface area contributed by atoms with Crippen molar-refractivity contribution in [1.82, 2.24) is 20.2 Å². The first-order chi connectivity index (χ1) is 14.2. The number of hydrogen-bond acceptors (Lipinski definition) is 5. The van der Waals surface area contributed by atoms with Gasteiger partial charge in [0.25, 0.3) is 5.91 Å². The number of aromatic nitrogens is 4. The fraction of sp³-hybridized carbons (Fsp3) is 0.0909. The predicted octanol–water partition coefficient (Wildman–Crippen LogP) is 4.23. The minimum Gasteiger partial charge on any atom is -0.311 e. The van der Waals surface area contributed by atoms with Gasteiger partial charge >= 0.3 is 0 Å². The van der Waals surface area contributed by atoms with Gasteiger partial charge in [-0.2, -0.15) is 4.68 Å². The molecular weight excluding hydrogens is 382 g/mol. The van der Waals surface area contributed by atoms with Crippen LogP contribution in [0.4, 0.5) is 5.69 Å². The third kappa shape index (κ3) is 4.20. The monoisotopic (exact) mass is 401 g/mol. The van der Waals surface area contributed by atoms with Crippen molar-refractivity contribution in [3.63, 3.8) is 0 Å². The van der Waals surface area contributed by atoms with Crippen LogP contribution in [-0.4, -0.2) is 33.2 Å². The van der Waals surface area contributed by atoms with Crippen molar-refractivity contribution in [2.75, 3.05) is 11.9 Å². The van der Waals surface area contributed by atoms with E-state index >= 15 is 0 Å². The highest BCUT2D eigenvalue weighted by Crippen LogP contribution is 2.28. The lowest BCUT2D eigenvalue weighted by Gasteiger charge is -2.19. The molecule has 29 heavy (non-hydrogen) atoms. The van der Waals surface area contributed by atoms with Crippen LogP contribution in [-0.2, 0) is 5.75 Å². The number of rotatable bonds is 6. The van der Waals surface area contributed by atoms with Gasteiger partial charge in [0.15, 0.2) is 5.82 Å². The summed E-state index contributed by atoms with van der Waals surface area (Å²) in [6.07, 6.45) is 0. The van der Waals surface area contributed by atoms with Gasteiger partial charge in [0.2, 0.25) is 0 Å². The number of benzene rings is 3. The van der Waals surface area contributed by atoms with Crippen LogP contribution in [0.5, 0.6) is 0 Å². The number of hydrogen-bond donors (Lipinski definition) is 0. The van der Waals surface area contributed by atoms with Crippen LogP contribution >= 0.6 is 11.8 Å². The molecule has 3 aromatic carbocycles. The summed E-state index contributed by atoms with van der Waals surface area (Å²) in [4.78, 5) is 15.6. The molecule has 0 saturated carbocycles. The molecule has 4 rings (SSSR count). The van der Waals surface area contributed by atoms with Crippen LogP contribution in [0.3, 0.4) is 0 Å². The van der Waals surface area contributed by atoms with Crippen molar-refractivity contribution in [3.05, 3.63) is 96.3 Å². The van der Waals surface area contributed by atoms with E-state index in [9.17, 15) is 4.79 Å². The quantitative estimate of drug-likeness (QED) is 0.453. The molecule has 1 heterocycles. The number of carbonyl (C=O) groups excluding carboxylic acids is 1. The van der Waals surface area contributed by atoms with Gasteiger partial charge in [-0.05, 0) is 46.8 Å². The average Bonchev–Trinajstić information content (AvgIpc) is 3.27. The number of carbonyl (C=O) groups is 1. The number of tetrazole rings is 1. The zero-order valence-corrected chi connectivity index (χ0v) is 16.7. The highest BCUT2D eigenvalue weighted by molar-refractivity contribution is 7.98. The van der Waals surface area contributed by atoms with E-state index in [1.807, 2.05) is 84.9 Å². The van der Waals surface area contributed by atoms with Crippen molar-refractivity contribution in [2.24, 2.45) is 0 Å². The lowest BCUT2D eigenvalue weighted by molar-refractivity contribution is 0.0990. The Morgan fingerprint density at radius 3 is 2.34 bits per heavy atom. The Labute approximate surface area is 173 Å². The lowest BCUT2D eigenvalue weighted by Crippen LogP contribution is -2.26. The third-order valence-corrected chi connectivity index (χ3v) is 5.53. The second kappa shape index (κ2) is 8.70. The molecule has 0 aliphatic carbocycles. The first-order valence-electron chi connectivity index (χ1n) is 9.11. The van der Waals surface area contributed by atoms with Crippen LogP contribution in [0.25, 0.3) is 5.69 Å². The van der Waals surface area contributed by atoms with Gasteiger partial charge < -0.3 is 4.90 Å². The van der Waals surface area contributed by atoms with Gasteiger partial charge in [-0.25, -0.2) is 0 Å². The molecule has 0 spiro atoms. The van der Waals surface area contributed by atoms with Gasteiger partial charge in [0.05, 0.1) is 17.0 Å². The highest BCUT2D eigenvalue weighted by atomic mass is 32.2. The number of nitrogens with zero attached hydrogens (tertiary/aromatic N) is 5. The SMILES string of the molecule is CN(C(=O)c1ccccc1SCc1nnnn1-c1ccccc1)c1ccccc1. The highest BCUT2D eigenvalue weighted by Gasteiger charge is 2.18. The molecule has 0 radical (unpaired) electrons. The van der Waals surface area contributed by atoms with Gasteiger partial charge in [-0.15, -0.1) is 16.9 Å². The van der Waals surface area contributed by atoms with Crippen LogP contribution in [0.2, 0.25) is 0 Å². The average molecular weight is 401 g/mol. The molecule has 0 fully saturated rings. The smallest absolute Gasteiger partial charge is 0.259 e. The van der Waals surface area contributed by atoms with Crippen LogP contribution in [0.15, 0.2) is 89.8 Å². The molecule has 0 saturated heterocycles. The Morgan fingerprint density at radius 2 is 1.59 bits per heavy atom. The van der Waals surface area contributed by atoms with Crippen LogP contribution < -0.4 is 4.90 Å². The van der Waals surface area contributed by atoms with E-state index in [1.165, 1.54) is 0 Å². The summed E-state index contributed by atoms with van der Waals surface area (Å²) in [5.41, 5.74) is 2.41. The molecule has 1 aromatic heterocycles. The van der Waals surface area contributed by atoms with Crippen molar-refractivity contribution in [1.29, 1.82) is 0 Å². The van der Waals surface area contributed by atoms with E-state index in [4.69, 9.17) is 0 Å². The Balaban J connectivity index is 1.55. The van der Waals surface area contributed by atoms with Gasteiger partial charge in [0, 0.05) is 17.6 Å². The molecule has 0 atom stereocenters. The normalized spacial score (nSPS) is 10.7. The molecule has 0 aliphatic rings. The summed E-state index contributed by atoms with van der Waals surface area (Å²) in [7, 11) is 1.79. The van der Waals surface area contributed by atoms with Crippen molar-refractivity contribution < 1.29 is 4.79 Å². The van der Waals surface area contributed by atoms with Crippen molar-refractivity contribution in [3.8, 4) is 5.69 Å². The topological polar surface area (TPSA) is 63.9 Å². The Bertz CT molecular complexity index is 1100. The van der Waals surface area contributed by atoms with Gasteiger partial charge in [-0.3, -0.25) is 4.79 Å². The summed E-state index contributed by atoms with van der Waals surface area (Å²) >= 11 is 1.54. The van der Waals surface area contributed by atoms with E-state index in [-0.39, 0.29) is 5.91 Å². The van der Waals surface area contributed by atoms with E-state index < -0.39 is 0 Å². The van der Waals surface area contributed by atoms with Gasteiger partial charge in [-0.1, -0.05) is 48.5 Å². The fourth-order valence-electron chi connectivity index (χ4n) is 2.93. The maximum absolute atomic E-state index is 13.1. The molecule has 0 unspecified atom stereocenters. The Morgan fingerprint density at radius 1 is 0.931 bits per heavy atom. The predicted molar refractivity (Wildman–Crippen MR) is 114 cm³/mol.